The number of carboxylic acid groups (broad SMARTS) is 1. The van der Waals surface area contributed by atoms with Crippen LogP contribution in [-0.4, -0.2) is 64.9 Å². The summed E-state index contributed by atoms with van der Waals surface area (Å²) in [7, 11) is 7.77. The molecule has 1 heterocycles. The molecular weight excluding hydrogens is 220 g/mol. The van der Waals surface area contributed by atoms with Gasteiger partial charge in [0.1, 0.15) is 5.56 Å². The molecule has 96 valence electrons. The number of nitrogens with zero attached hydrogens (tertiary/aromatic N) is 4. The summed E-state index contributed by atoms with van der Waals surface area (Å²) in [4.78, 5) is 15.2. The lowest BCUT2D eigenvalue weighted by atomic mass is 10.2. The molecule has 0 saturated carbocycles. The fourth-order valence-electron chi connectivity index (χ4n) is 1.53. The van der Waals surface area contributed by atoms with Gasteiger partial charge in [-0.25, -0.2) is 4.79 Å². The van der Waals surface area contributed by atoms with E-state index in [1.54, 1.807) is 11.7 Å². The van der Waals surface area contributed by atoms with Crippen molar-refractivity contribution >= 4 is 5.97 Å². The molecular formula is C11H20N4O2. The molecule has 6 heteroatoms. The number of carbonyl (C=O) groups is 1. The van der Waals surface area contributed by atoms with Crippen LogP contribution in [0.4, 0.5) is 0 Å². The zero-order valence-electron chi connectivity index (χ0n) is 10.8. The first-order chi connectivity index (χ1) is 7.91. The number of hydrogen-bond acceptors (Lipinski definition) is 4. The number of carboxylic acids is 1. The van der Waals surface area contributed by atoms with Crippen molar-refractivity contribution in [1.82, 2.24) is 19.6 Å². The first-order valence-electron chi connectivity index (χ1n) is 5.49. The van der Waals surface area contributed by atoms with Gasteiger partial charge in [-0.3, -0.25) is 9.58 Å². The van der Waals surface area contributed by atoms with Crippen LogP contribution in [-0.2, 0) is 13.6 Å². The normalized spacial score (nSPS) is 11.4. The first kappa shape index (κ1) is 13.7. The summed E-state index contributed by atoms with van der Waals surface area (Å²) < 4.78 is 1.62. The number of rotatable bonds is 6. The third kappa shape index (κ3) is 3.83. The smallest absolute Gasteiger partial charge is 0.339 e. The monoisotopic (exact) mass is 240 g/mol. The lowest BCUT2D eigenvalue weighted by Crippen LogP contribution is -2.29. The van der Waals surface area contributed by atoms with E-state index < -0.39 is 5.97 Å². The Morgan fingerprint density at radius 1 is 1.41 bits per heavy atom. The molecule has 0 aliphatic heterocycles. The van der Waals surface area contributed by atoms with Crippen molar-refractivity contribution in [1.29, 1.82) is 0 Å². The number of aryl methyl sites for hydroxylation is 1. The Morgan fingerprint density at radius 2 is 2.06 bits per heavy atom. The van der Waals surface area contributed by atoms with Gasteiger partial charge in [-0.2, -0.15) is 5.10 Å². The lowest BCUT2D eigenvalue weighted by molar-refractivity contribution is 0.0694. The van der Waals surface area contributed by atoms with Crippen LogP contribution in [0.5, 0.6) is 0 Å². The lowest BCUT2D eigenvalue weighted by Gasteiger charge is -2.19. The maximum absolute atomic E-state index is 11.0. The van der Waals surface area contributed by atoms with Gasteiger partial charge >= 0.3 is 5.97 Å². The van der Waals surface area contributed by atoms with E-state index in [1.165, 1.54) is 6.20 Å². The number of aromatic carboxylic acids is 1. The number of hydrogen-bond donors (Lipinski definition) is 1. The van der Waals surface area contributed by atoms with Gasteiger partial charge in [-0.1, -0.05) is 0 Å². The minimum atomic E-state index is -0.922. The molecule has 0 unspecified atom stereocenters. The summed E-state index contributed by atoms with van der Waals surface area (Å²) in [5, 5.41) is 13.0. The molecule has 1 rings (SSSR count). The minimum absolute atomic E-state index is 0.282. The third-order valence-corrected chi connectivity index (χ3v) is 2.64. The summed E-state index contributed by atoms with van der Waals surface area (Å²) in [5.74, 6) is -0.922. The standard InChI is InChI=1S/C11H20N4O2/c1-13(2)5-6-14(3)8-10-9(11(16)17)7-12-15(10)4/h7H,5-6,8H2,1-4H3,(H,16,17). The molecule has 0 aliphatic carbocycles. The van der Waals surface area contributed by atoms with E-state index in [-0.39, 0.29) is 5.56 Å². The van der Waals surface area contributed by atoms with Crippen LogP contribution < -0.4 is 0 Å². The van der Waals surface area contributed by atoms with Gasteiger partial charge in [0.05, 0.1) is 11.9 Å². The van der Waals surface area contributed by atoms with E-state index >= 15 is 0 Å². The fourth-order valence-corrected chi connectivity index (χ4v) is 1.53. The van der Waals surface area contributed by atoms with Crippen LogP contribution in [0.1, 0.15) is 16.1 Å². The molecule has 0 saturated heterocycles. The summed E-state index contributed by atoms with van der Waals surface area (Å²) in [5.41, 5.74) is 1.02. The number of aromatic nitrogens is 2. The van der Waals surface area contributed by atoms with Crippen molar-refractivity contribution < 1.29 is 9.90 Å². The first-order valence-corrected chi connectivity index (χ1v) is 5.49. The zero-order valence-corrected chi connectivity index (χ0v) is 10.8. The molecule has 17 heavy (non-hydrogen) atoms. The molecule has 6 nitrogen and oxygen atoms in total. The summed E-state index contributed by atoms with van der Waals surface area (Å²) >= 11 is 0. The highest BCUT2D eigenvalue weighted by atomic mass is 16.4. The highest BCUT2D eigenvalue weighted by Crippen LogP contribution is 2.09. The van der Waals surface area contributed by atoms with Gasteiger partial charge in [-0.05, 0) is 21.1 Å². The Hall–Kier alpha value is -1.40. The Labute approximate surface area is 101 Å². The Balaban J connectivity index is 2.67. The SMILES string of the molecule is CN(C)CCN(C)Cc1c(C(=O)O)cnn1C. The van der Waals surface area contributed by atoms with E-state index in [4.69, 9.17) is 5.11 Å². The van der Waals surface area contributed by atoms with Crippen LogP contribution in [0.3, 0.4) is 0 Å². The Morgan fingerprint density at radius 3 is 2.59 bits per heavy atom. The van der Waals surface area contributed by atoms with Crippen molar-refractivity contribution in [2.75, 3.05) is 34.2 Å². The van der Waals surface area contributed by atoms with Gasteiger partial charge in [-0.15, -0.1) is 0 Å². The average Bonchev–Trinajstić information content (AvgIpc) is 2.58. The van der Waals surface area contributed by atoms with Gasteiger partial charge in [0.2, 0.25) is 0 Å². The maximum Gasteiger partial charge on any atom is 0.339 e. The van der Waals surface area contributed by atoms with Crippen LogP contribution in [0.15, 0.2) is 6.20 Å². The third-order valence-electron chi connectivity index (χ3n) is 2.64. The van der Waals surface area contributed by atoms with Crippen molar-refractivity contribution in [3.63, 3.8) is 0 Å². The van der Waals surface area contributed by atoms with Crippen LogP contribution in [0.2, 0.25) is 0 Å². The molecule has 0 aliphatic rings. The van der Waals surface area contributed by atoms with E-state index in [9.17, 15) is 4.79 Å². The largest absolute Gasteiger partial charge is 0.478 e. The summed E-state index contributed by atoms with van der Waals surface area (Å²) in [6.45, 7) is 2.42. The predicted octanol–water partition coefficient (Wildman–Crippen LogP) is 0.112. The van der Waals surface area contributed by atoms with Crippen molar-refractivity contribution in [2.24, 2.45) is 7.05 Å². The van der Waals surface area contributed by atoms with Crippen molar-refractivity contribution in [3.8, 4) is 0 Å². The Bertz CT molecular complexity index is 387. The second-order valence-electron chi connectivity index (χ2n) is 4.47. The van der Waals surface area contributed by atoms with Gasteiger partial charge < -0.3 is 10.0 Å². The van der Waals surface area contributed by atoms with Crippen LogP contribution >= 0.6 is 0 Å². The van der Waals surface area contributed by atoms with E-state index in [0.717, 1.165) is 18.8 Å². The molecule has 0 aromatic carbocycles. The van der Waals surface area contributed by atoms with Crippen LogP contribution in [0.25, 0.3) is 0 Å². The topological polar surface area (TPSA) is 61.6 Å². The maximum atomic E-state index is 11.0. The highest BCUT2D eigenvalue weighted by Gasteiger charge is 2.16. The van der Waals surface area contributed by atoms with E-state index in [2.05, 4.69) is 14.9 Å². The van der Waals surface area contributed by atoms with Crippen LogP contribution in [0, 0.1) is 0 Å². The molecule has 0 bridgehead atoms. The molecule has 1 aromatic heterocycles. The molecule has 0 fully saturated rings. The Kier molecular flexibility index (Phi) is 4.65. The van der Waals surface area contributed by atoms with Gasteiger partial charge in [0.15, 0.2) is 0 Å². The summed E-state index contributed by atoms with van der Waals surface area (Å²) in [6, 6.07) is 0. The molecule has 1 aromatic rings. The quantitative estimate of drug-likeness (QED) is 0.765. The zero-order chi connectivity index (χ0) is 13.0. The van der Waals surface area contributed by atoms with Crippen molar-refractivity contribution in [3.05, 3.63) is 17.5 Å². The van der Waals surface area contributed by atoms with E-state index in [0.29, 0.717) is 6.54 Å². The second kappa shape index (κ2) is 5.79. The van der Waals surface area contributed by atoms with Crippen molar-refractivity contribution in [2.45, 2.75) is 6.54 Å². The molecule has 1 N–H and O–H groups in total. The number of likely N-dealkylation sites (N-methyl/N-ethyl adjacent to an activating group) is 2. The van der Waals surface area contributed by atoms with Gasteiger partial charge in [0.25, 0.3) is 0 Å². The second-order valence-corrected chi connectivity index (χ2v) is 4.47. The highest BCUT2D eigenvalue weighted by molar-refractivity contribution is 5.88. The van der Waals surface area contributed by atoms with Gasteiger partial charge in [0, 0.05) is 26.7 Å². The molecule has 0 radical (unpaired) electrons. The average molecular weight is 240 g/mol. The fraction of sp³-hybridized carbons (Fsp3) is 0.636. The summed E-state index contributed by atoms with van der Waals surface area (Å²) in [6.07, 6.45) is 1.40. The van der Waals surface area contributed by atoms with E-state index in [1.807, 2.05) is 21.1 Å². The molecule has 0 amide bonds. The predicted molar refractivity (Wildman–Crippen MR) is 65.1 cm³/mol. The molecule has 0 spiro atoms. The molecule has 0 atom stereocenters. The minimum Gasteiger partial charge on any atom is -0.478 e.